The number of nitriles is 1. The van der Waals surface area contributed by atoms with Crippen LogP contribution in [0.2, 0.25) is 0 Å². The second-order valence-corrected chi connectivity index (χ2v) is 12.3. The van der Waals surface area contributed by atoms with Crippen LogP contribution in [0.3, 0.4) is 0 Å². The average molecular weight is 605 g/mol. The first kappa shape index (κ1) is 30.0. The van der Waals surface area contributed by atoms with Crippen molar-refractivity contribution in [2.45, 2.75) is 90.0 Å². The number of benzene rings is 2. The Morgan fingerprint density at radius 3 is 2.59 bits per heavy atom. The first-order chi connectivity index (χ1) is 21.1. The number of ether oxygens (including phenoxy) is 4. The molecule has 0 spiro atoms. The lowest BCUT2D eigenvalue weighted by molar-refractivity contribution is -0.132. The van der Waals surface area contributed by atoms with E-state index >= 15 is 0 Å². The zero-order valence-corrected chi connectivity index (χ0v) is 26.2. The number of nitrogens with zero attached hydrogens (tertiary/aromatic N) is 3. The number of likely N-dealkylation sites (N-methyl/N-ethyl adjacent to an activating group) is 1. The molecule has 4 heterocycles. The molecule has 11 nitrogen and oxygen atoms in total. The van der Waals surface area contributed by atoms with Crippen molar-refractivity contribution in [2.24, 2.45) is 0 Å². The van der Waals surface area contributed by atoms with Crippen LogP contribution in [0, 0.1) is 25.2 Å². The smallest absolute Gasteiger partial charge is 0.308 e. The summed E-state index contributed by atoms with van der Waals surface area (Å²) in [5, 5.41) is 25.5. The molecule has 44 heavy (non-hydrogen) atoms. The van der Waals surface area contributed by atoms with Crippen molar-refractivity contribution in [3.05, 3.63) is 39.4 Å². The fraction of sp³-hybridized carbons (Fsp3) is 0.545. The van der Waals surface area contributed by atoms with Crippen molar-refractivity contribution in [2.75, 3.05) is 27.5 Å². The van der Waals surface area contributed by atoms with Crippen molar-refractivity contribution >= 4 is 11.9 Å². The summed E-state index contributed by atoms with van der Waals surface area (Å²) in [6, 6.07) is 2.82. The molecule has 11 heteroatoms. The van der Waals surface area contributed by atoms with Gasteiger partial charge in [-0.15, -0.1) is 0 Å². The van der Waals surface area contributed by atoms with Crippen molar-refractivity contribution in [1.82, 2.24) is 15.1 Å². The molecule has 0 radical (unpaired) electrons. The van der Waals surface area contributed by atoms with Crippen LogP contribution < -0.4 is 24.3 Å². The molecule has 1 amide bonds. The number of phenolic OH excluding ortho intramolecular Hbond substituents is 1. The molecular weight excluding hydrogens is 564 g/mol. The van der Waals surface area contributed by atoms with E-state index in [1.54, 1.807) is 7.11 Å². The van der Waals surface area contributed by atoms with Crippen molar-refractivity contribution in [1.29, 1.82) is 5.26 Å². The number of carbonyl (C=O) groups is 2. The summed E-state index contributed by atoms with van der Waals surface area (Å²) in [4.78, 5) is 29.7. The molecule has 2 N–H and O–H groups in total. The van der Waals surface area contributed by atoms with Crippen LogP contribution in [0.15, 0.2) is 6.07 Å². The molecule has 0 aliphatic carbocycles. The van der Waals surface area contributed by atoms with Gasteiger partial charge in [-0.2, -0.15) is 5.26 Å². The van der Waals surface area contributed by atoms with Gasteiger partial charge in [0.1, 0.15) is 11.8 Å². The van der Waals surface area contributed by atoms with Crippen molar-refractivity contribution in [3.63, 3.8) is 0 Å². The van der Waals surface area contributed by atoms with E-state index in [1.165, 1.54) is 6.92 Å². The topological polar surface area (TPSA) is 134 Å². The van der Waals surface area contributed by atoms with E-state index < -0.39 is 18.1 Å². The molecule has 1 fully saturated rings. The second kappa shape index (κ2) is 11.5. The number of carbonyl (C=O) groups excluding carboxylic acids is 2. The van der Waals surface area contributed by atoms with Gasteiger partial charge in [0.15, 0.2) is 23.0 Å². The summed E-state index contributed by atoms with van der Waals surface area (Å²) >= 11 is 0. The molecule has 0 aromatic heterocycles. The number of hydrogen-bond donors (Lipinski definition) is 2. The Morgan fingerprint density at radius 1 is 1.16 bits per heavy atom. The highest BCUT2D eigenvalue weighted by Gasteiger charge is 2.56. The van der Waals surface area contributed by atoms with Crippen LogP contribution in [-0.4, -0.2) is 72.4 Å². The number of fused-ring (bicyclic) bond motifs is 9. The highest BCUT2D eigenvalue weighted by atomic mass is 16.7. The van der Waals surface area contributed by atoms with E-state index in [-0.39, 0.29) is 43.1 Å². The van der Waals surface area contributed by atoms with Crippen LogP contribution >= 0.6 is 0 Å². The van der Waals surface area contributed by atoms with E-state index in [0.717, 1.165) is 40.7 Å². The van der Waals surface area contributed by atoms with Gasteiger partial charge < -0.3 is 29.4 Å². The summed E-state index contributed by atoms with van der Waals surface area (Å²) in [6.45, 7) is 7.40. The number of nitrogens with one attached hydrogen (secondary N) is 1. The van der Waals surface area contributed by atoms with E-state index in [4.69, 9.17) is 18.9 Å². The van der Waals surface area contributed by atoms with Gasteiger partial charge in [0.25, 0.3) is 0 Å². The predicted molar refractivity (Wildman–Crippen MR) is 160 cm³/mol. The quantitative estimate of drug-likeness (QED) is 0.356. The number of rotatable bonds is 7. The number of phenols is 1. The number of methoxy groups -OCH3 is 1. The maximum Gasteiger partial charge on any atom is 0.308 e. The molecule has 6 rings (SSSR count). The number of piperazine rings is 1. The molecule has 2 bridgehead atoms. The lowest BCUT2D eigenvalue weighted by Gasteiger charge is -2.60. The first-order valence-corrected chi connectivity index (χ1v) is 15.3. The zero-order chi connectivity index (χ0) is 31.4. The highest BCUT2D eigenvalue weighted by molar-refractivity contribution is 5.76. The van der Waals surface area contributed by atoms with Gasteiger partial charge in [-0.25, -0.2) is 0 Å². The molecule has 2 aromatic rings. The number of unbranched alkanes of at least 4 members (excludes halogenated alkanes) is 1. The molecule has 5 atom stereocenters. The summed E-state index contributed by atoms with van der Waals surface area (Å²) in [7, 11) is 3.55. The van der Waals surface area contributed by atoms with Crippen LogP contribution in [0.1, 0.15) is 78.6 Å². The van der Waals surface area contributed by atoms with E-state index in [1.807, 2.05) is 27.8 Å². The fourth-order valence-electron chi connectivity index (χ4n) is 7.95. The van der Waals surface area contributed by atoms with E-state index in [9.17, 15) is 20.0 Å². The van der Waals surface area contributed by atoms with Crippen LogP contribution in [0.4, 0.5) is 0 Å². The minimum atomic E-state index is -0.541. The Hall–Kier alpha value is -4.01. The second-order valence-electron chi connectivity index (χ2n) is 12.3. The largest absolute Gasteiger partial charge is 0.504 e. The minimum absolute atomic E-state index is 0.0151. The number of amides is 1. The molecule has 4 aliphatic rings. The Bertz CT molecular complexity index is 1570. The average Bonchev–Trinajstić information content (AvgIpc) is 3.47. The van der Waals surface area contributed by atoms with Gasteiger partial charge in [-0.1, -0.05) is 19.4 Å². The van der Waals surface area contributed by atoms with Gasteiger partial charge in [0.05, 0.1) is 25.3 Å². The molecule has 2 aromatic carbocycles. The minimum Gasteiger partial charge on any atom is -0.504 e. The van der Waals surface area contributed by atoms with Gasteiger partial charge in [0, 0.05) is 54.2 Å². The number of aryl methyl sites for hydroxylation is 1. The van der Waals surface area contributed by atoms with Gasteiger partial charge >= 0.3 is 5.97 Å². The highest BCUT2D eigenvalue weighted by Crippen LogP contribution is 2.58. The van der Waals surface area contributed by atoms with Crippen LogP contribution in [0.25, 0.3) is 0 Å². The normalized spacial score (nSPS) is 24.9. The standard InChI is InChI=1S/C33H40N4O7/c1-7-8-9-25(39)35-14-24-27-20(31(44-18(4)38)17(3)32-33(27)43-15-42-32)12-22-28-26-19(10-16(2)30(41-6)29(26)40)11-21(36(28)5)23(13-34)37(22)24/h10,21-24,28,40H,7-9,11-12,14-15H2,1-6H3,(H,35,39)/t21-,22?,23-,24-,28?/m0/s1. The molecule has 234 valence electrons. The van der Waals surface area contributed by atoms with Crippen LogP contribution in [-0.2, 0) is 22.4 Å². The molecule has 2 unspecified atom stereocenters. The molecule has 0 saturated carbocycles. The van der Waals surface area contributed by atoms with Gasteiger partial charge in [-0.05, 0) is 51.3 Å². The van der Waals surface area contributed by atoms with Gasteiger partial charge in [0.2, 0.25) is 12.7 Å². The fourth-order valence-corrected chi connectivity index (χ4v) is 7.95. The third kappa shape index (κ3) is 4.54. The Kier molecular flexibility index (Phi) is 7.84. The maximum absolute atomic E-state index is 13.0. The Morgan fingerprint density at radius 2 is 1.91 bits per heavy atom. The number of aromatic hydroxyl groups is 1. The van der Waals surface area contributed by atoms with Crippen molar-refractivity contribution in [3.8, 4) is 34.8 Å². The van der Waals surface area contributed by atoms with Gasteiger partial charge in [-0.3, -0.25) is 19.4 Å². The number of esters is 1. The molecule has 4 aliphatic heterocycles. The Balaban J connectivity index is 1.58. The maximum atomic E-state index is 13.0. The monoisotopic (exact) mass is 604 g/mol. The molecule has 1 saturated heterocycles. The Labute approximate surface area is 257 Å². The lowest BCUT2D eigenvalue weighted by Crippen LogP contribution is -2.68. The van der Waals surface area contributed by atoms with Crippen molar-refractivity contribution < 1.29 is 33.6 Å². The summed E-state index contributed by atoms with van der Waals surface area (Å²) in [5.41, 5.74) is 4.81. The summed E-state index contributed by atoms with van der Waals surface area (Å²) in [5.74, 6) is 1.48. The first-order valence-electron chi connectivity index (χ1n) is 15.3. The number of hydrogen-bond acceptors (Lipinski definition) is 10. The third-order valence-corrected chi connectivity index (χ3v) is 9.76. The van der Waals surface area contributed by atoms with E-state index in [2.05, 4.69) is 27.3 Å². The van der Waals surface area contributed by atoms with E-state index in [0.29, 0.717) is 47.8 Å². The lowest BCUT2D eigenvalue weighted by atomic mass is 9.71. The summed E-state index contributed by atoms with van der Waals surface area (Å²) < 4.78 is 23.5. The molecular formula is C33H40N4O7. The third-order valence-electron chi connectivity index (χ3n) is 9.76. The SMILES string of the molecule is CCCCC(=O)NC[C@H]1c2c(c(OC(C)=O)c(C)c3c2OCO3)CC2C3c4c(cc(C)c(OC)c4O)C[C@@H]([C@H](C#N)N21)N3C. The summed E-state index contributed by atoms with van der Waals surface area (Å²) in [6.07, 6.45) is 3.05. The zero-order valence-electron chi connectivity index (χ0n) is 26.2. The predicted octanol–water partition coefficient (Wildman–Crippen LogP) is 3.75. The van der Waals surface area contributed by atoms with Crippen LogP contribution in [0.5, 0.6) is 28.7 Å².